The largest absolute Gasteiger partial charge is 0.490 e. The van der Waals surface area contributed by atoms with Gasteiger partial charge in [0.2, 0.25) is 0 Å². The first-order valence-corrected chi connectivity index (χ1v) is 13.0. The molecule has 34 heavy (non-hydrogen) atoms. The molecule has 0 atom stereocenters. The number of ether oxygens (including phenoxy) is 2. The molecule has 0 unspecified atom stereocenters. The second-order valence-corrected chi connectivity index (χ2v) is 10.5. The zero-order valence-corrected chi connectivity index (χ0v) is 22.6. The summed E-state index contributed by atoms with van der Waals surface area (Å²) in [7, 11) is 0. The number of hydrogen-bond donors (Lipinski definition) is 0. The zero-order valence-electron chi connectivity index (χ0n) is 17.9. The number of carbonyl (C=O) groups is 1. The van der Waals surface area contributed by atoms with Gasteiger partial charge in [0, 0.05) is 15.1 Å². The highest BCUT2D eigenvalue weighted by atomic mass is 79.9. The number of thioether (sulfide) groups is 1. The quantitative estimate of drug-likeness (QED) is 0.204. The fourth-order valence-corrected chi connectivity index (χ4v) is 5.15. The average Bonchev–Trinajstić information content (AvgIpc) is 3.09. The maximum Gasteiger partial charge on any atom is 0.270 e. The van der Waals surface area contributed by atoms with Gasteiger partial charge in [0.25, 0.3) is 5.91 Å². The molecule has 0 saturated carbocycles. The van der Waals surface area contributed by atoms with Crippen LogP contribution in [0.3, 0.4) is 0 Å². The topological polar surface area (TPSA) is 38.8 Å². The van der Waals surface area contributed by atoms with Crippen molar-refractivity contribution in [2.24, 2.45) is 0 Å². The van der Waals surface area contributed by atoms with Crippen LogP contribution in [0.1, 0.15) is 18.1 Å². The Morgan fingerprint density at radius 1 is 1.03 bits per heavy atom. The van der Waals surface area contributed by atoms with E-state index in [4.69, 9.17) is 44.9 Å². The third kappa shape index (κ3) is 5.61. The first-order valence-electron chi connectivity index (χ1n) is 10.2. The van der Waals surface area contributed by atoms with Crippen molar-refractivity contribution in [3.63, 3.8) is 0 Å². The van der Waals surface area contributed by atoms with Gasteiger partial charge in [-0.05, 0) is 70.9 Å². The molecule has 0 radical (unpaired) electrons. The van der Waals surface area contributed by atoms with Crippen molar-refractivity contribution in [2.45, 2.75) is 13.5 Å². The van der Waals surface area contributed by atoms with Crippen LogP contribution in [0, 0.1) is 0 Å². The van der Waals surface area contributed by atoms with E-state index in [9.17, 15) is 4.79 Å². The molecule has 1 saturated heterocycles. The van der Waals surface area contributed by atoms with E-state index in [0.717, 1.165) is 15.6 Å². The maximum absolute atomic E-state index is 13.1. The summed E-state index contributed by atoms with van der Waals surface area (Å²) in [5.41, 5.74) is 2.30. The van der Waals surface area contributed by atoms with Crippen LogP contribution < -0.4 is 14.4 Å². The molecule has 1 aliphatic heterocycles. The molecule has 0 N–H and O–H groups in total. The number of nitrogens with zero attached hydrogens (tertiary/aromatic N) is 1. The highest BCUT2D eigenvalue weighted by Crippen LogP contribution is 2.39. The normalized spacial score (nSPS) is 14.7. The van der Waals surface area contributed by atoms with Crippen LogP contribution in [-0.4, -0.2) is 16.8 Å². The van der Waals surface area contributed by atoms with Crippen LogP contribution in [0.2, 0.25) is 10.0 Å². The van der Waals surface area contributed by atoms with E-state index in [1.165, 1.54) is 16.7 Å². The summed E-state index contributed by atoms with van der Waals surface area (Å²) in [6.45, 7) is 2.69. The average molecular weight is 595 g/mol. The van der Waals surface area contributed by atoms with E-state index in [0.29, 0.717) is 49.7 Å². The Kier molecular flexibility index (Phi) is 8.22. The van der Waals surface area contributed by atoms with E-state index < -0.39 is 0 Å². The molecule has 4 nitrogen and oxygen atoms in total. The predicted molar refractivity (Wildman–Crippen MR) is 148 cm³/mol. The maximum atomic E-state index is 13.1. The number of thiocarbonyl (C=S) groups is 1. The zero-order chi connectivity index (χ0) is 24.2. The third-order valence-electron chi connectivity index (χ3n) is 4.86. The van der Waals surface area contributed by atoms with E-state index >= 15 is 0 Å². The van der Waals surface area contributed by atoms with Crippen molar-refractivity contribution in [3.05, 3.63) is 91.2 Å². The smallest absolute Gasteiger partial charge is 0.270 e. The summed E-state index contributed by atoms with van der Waals surface area (Å²) < 4.78 is 13.0. The molecule has 0 spiro atoms. The Balaban J connectivity index is 1.56. The lowest BCUT2D eigenvalue weighted by Gasteiger charge is -2.15. The lowest BCUT2D eigenvalue weighted by atomic mass is 10.1. The van der Waals surface area contributed by atoms with Crippen molar-refractivity contribution in [1.82, 2.24) is 0 Å². The van der Waals surface area contributed by atoms with Gasteiger partial charge in [0.05, 0.1) is 22.2 Å². The molecule has 1 aliphatic rings. The van der Waals surface area contributed by atoms with Crippen molar-refractivity contribution < 1.29 is 14.3 Å². The Labute approximate surface area is 226 Å². The Bertz CT molecular complexity index is 1300. The summed E-state index contributed by atoms with van der Waals surface area (Å²) in [5, 5.41) is 1.15. The highest BCUT2D eigenvalue weighted by molar-refractivity contribution is 9.10. The number of anilines is 1. The van der Waals surface area contributed by atoms with Crippen LogP contribution in [-0.2, 0) is 11.4 Å². The highest BCUT2D eigenvalue weighted by Gasteiger charge is 2.33. The molecular formula is C25H18BrCl2NO3S2. The molecule has 1 heterocycles. The Morgan fingerprint density at radius 3 is 2.56 bits per heavy atom. The first-order chi connectivity index (χ1) is 16.4. The van der Waals surface area contributed by atoms with Crippen molar-refractivity contribution in [2.75, 3.05) is 11.5 Å². The van der Waals surface area contributed by atoms with Crippen LogP contribution in [0.15, 0.2) is 70.0 Å². The minimum absolute atomic E-state index is 0.203. The standard InChI is InChI=1S/C25H18BrCl2NO3S2/c1-2-31-22-11-15(7-10-21(22)32-14-16-5-3-4-6-19(16)27)12-23-24(30)29(25(33)34-23)17-8-9-18(26)20(28)13-17/h3-13H,2,14H2,1H3/b23-12+. The predicted octanol–water partition coefficient (Wildman–Crippen LogP) is 8.14. The third-order valence-corrected chi connectivity index (χ3v) is 7.76. The molecule has 1 fully saturated rings. The molecule has 3 aromatic carbocycles. The lowest BCUT2D eigenvalue weighted by Crippen LogP contribution is -2.27. The number of amides is 1. The van der Waals surface area contributed by atoms with E-state index in [-0.39, 0.29) is 5.91 Å². The summed E-state index contributed by atoms with van der Waals surface area (Å²) >= 11 is 22.5. The molecule has 4 rings (SSSR count). The van der Waals surface area contributed by atoms with E-state index in [2.05, 4.69) is 15.9 Å². The Morgan fingerprint density at radius 2 is 1.82 bits per heavy atom. The van der Waals surface area contributed by atoms with Crippen molar-refractivity contribution >= 4 is 85.1 Å². The molecule has 0 aliphatic carbocycles. The van der Waals surface area contributed by atoms with Gasteiger partial charge in [-0.1, -0.05) is 71.4 Å². The summed E-state index contributed by atoms with van der Waals surface area (Å²) in [4.78, 5) is 15.1. The van der Waals surface area contributed by atoms with Gasteiger partial charge >= 0.3 is 0 Å². The number of halogens is 3. The number of rotatable bonds is 7. The summed E-state index contributed by atoms with van der Waals surface area (Å²) in [6, 6.07) is 18.3. The van der Waals surface area contributed by atoms with Gasteiger partial charge in [-0.2, -0.15) is 0 Å². The van der Waals surface area contributed by atoms with Crippen LogP contribution in [0.4, 0.5) is 5.69 Å². The minimum atomic E-state index is -0.203. The monoisotopic (exact) mass is 593 g/mol. The molecule has 3 aromatic rings. The van der Waals surface area contributed by atoms with Gasteiger partial charge < -0.3 is 9.47 Å². The fraction of sp³-hybridized carbons (Fsp3) is 0.120. The number of hydrogen-bond acceptors (Lipinski definition) is 5. The molecule has 9 heteroatoms. The second-order valence-electron chi connectivity index (χ2n) is 7.13. The van der Waals surface area contributed by atoms with Gasteiger partial charge in [0.1, 0.15) is 6.61 Å². The van der Waals surface area contributed by atoms with Gasteiger partial charge in [-0.3, -0.25) is 9.69 Å². The number of benzene rings is 3. The molecular weight excluding hydrogens is 577 g/mol. The van der Waals surface area contributed by atoms with Crippen molar-refractivity contribution in [3.8, 4) is 11.5 Å². The fourth-order valence-electron chi connectivity index (χ4n) is 3.24. The molecule has 174 valence electrons. The molecule has 1 amide bonds. The van der Waals surface area contributed by atoms with Crippen LogP contribution in [0.25, 0.3) is 6.08 Å². The minimum Gasteiger partial charge on any atom is -0.490 e. The lowest BCUT2D eigenvalue weighted by molar-refractivity contribution is -0.113. The first kappa shape index (κ1) is 25.1. The van der Waals surface area contributed by atoms with Crippen LogP contribution >= 0.6 is 63.1 Å². The Hall–Kier alpha value is -2.03. The van der Waals surface area contributed by atoms with Gasteiger partial charge in [0.15, 0.2) is 15.8 Å². The second kappa shape index (κ2) is 11.1. The van der Waals surface area contributed by atoms with Crippen molar-refractivity contribution in [1.29, 1.82) is 0 Å². The van der Waals surface area contributed by atoms with E-state index in [1.807, 2.05) is 49.4 Å². The summed E-state index contributed by atoms with van der Waals surface area (Å²) in [5.74, 6) is 0.972. The van der Waals surface area contributed by atoms with E-state index in [1.54, 1.807) is 24.3 Å². The van der Waals surface area contributed by atoms with Crippen LogP contribution in [0.5, 0.6) is 11.5 Å². The summed E-state index contributed by atoms with van der Waals surface area (Å²) in [6.07, 6.45) is 1.79. The number of carbonyl (C=O) groups excluding carboxylic acids is 1. The molecule has 0 bridgehead atoms. The SMILES string of the molecule is CCOc1cc(/C=C2/SC(=S)N(c3ccc(Br)c(Cl)c3)C2=O)ccc1OCc1ccccc1Cl. The van der Waals surface area contributed by atoms with Gasteiger partial charge in [-0.25, -0.2) is 0 Å². The molecule has 0 aromatic heterocycles. The van der Waals surface area contributed by atoms with Gasteiger partial charge in [-0.15, -0.1) is 0 Å².